The molecule has 2 heteroatoms. The number of hydrogen-bond donors (Lipinski definition) is 1. The van der Waals surface area contributed by atoms with E-state index in [0.29, 0.717) is 5.78 Å². The van der Waals surface area contributed by atoms with Crippen molar-refractivity contribution in [3.63, 3.8) is 0 Å². The molecular weight excluding hydrogens is 150 g/mol. The Hall–Kier alpha value is -0.370. The van der Waals surface area contributed by atoms with Gasteiger partial charge in [0.2, 0.25) is 0 Å². The predicted molar refractivity (Wildman–Crippen MR) is 48.0 cm³/mol. The van der Waals surface area contributed by atoms with Crippen molar-refractivity contribution in [3.8, 4) is 0 Å². The number of hydrogen-bond acceptors (Lipinski definition) is 2. The molecule has 1 saturated heterocycles. The molecule has 1 atom stereocenters. The van der Waals surface area contributed by atoms with E-state index in [4.69, 9.17) is 0 Å². The minimum atomic E-state index is 0.0660. The minimum absolute atomic E-state index is 0.0660. The van der Waals surface area contributed by atoms with Crippen LogP contribution >= 0.6 is 0 Å². The first-order valence-electron chi connectivity index (χ1n) is 5.08. The van der Waals surface area contributed by atoms with Crippen molar-refractivity contribution in [1.29, 1.82) is 0 Å². The van der Waals surface area contributed by atoms with Gasteiger partial charge in [-0.05, 0) is 32.2 Å². The van der Waals surface area contributed by atoms with Gasteiger partial charge in [0.1, 0.15) is 5.78 Å². The van der Waals surface area contributed by atoms with E-state index < -0.39 is 0 Å². The van der Waals surface area contributed by atoms with E-state index in [2.05, 4.69) is 5.32 Å². The highest BCUT2D eigenvalue weighted by atomic mass is 16.1. The van der Waals surface area contributed by atoms with Gasteiger partial charge < -0.3 is 5.32 Å². The summed E-state index contributed by atoms with van der Waals surface area (Å²) in [6.07, 6.45) is 6.68. The summed E-state index contributed by atoms with van der Waals surface area (Å²) in [5.74, 6) is 0.529. The molecule has 0 aromatic heterocycles. The number of Topliss-reactive ketones (excluding diaryl/α,β-unsaturated/α-hetero) is 1. The molecule has 68 valence electrons. The first kappa shape index (κ1) is 8.24. The van der Waals surface area contributed by atoms with Gasteiger partial charge in [0.25, 0.3) is 0 Å². The lowest BCUT2D eigenvalue weighted by molar-refractivity contribution is -0.132. The molecular formula is C10H17NO. The quantitative estimate of drug-likeness (QED) is 0.592. The van der Waals surface area contributed by atoms with Crippen molar-refractivity contribution in [2.24, 2.45) is 5.41 Å². The fourth-order valence-corrected chi connectivity index (χ4v) is 2.57. The molecule has 12 heavy (non-hydrogen) atoms. The highest BCUT2D eigenvalue weighted by molar-refractivity contribution is 5.85. The average Bonchev–Trinajstić information content (AvgIpc) is 2.12. The van der Waals surface area contributed by atoms with Crippen molar-refractivity contribution < 1.29 is 4.79 Å². The van der Waals surface area contributed by atoms with E-state index in [9.17, 15) is 4.79 Å². The standard InChI is InChI=1S/C10H17NO/c12-9-4-1-2-5-10(9)6-3-7-11-8-10/h11H,1-8H2/t10-/m1/s1. The molecule has 0 aromatic carbocycles. The largest absolute Gasteiger partial charge is 0.316 e. The number of carbonyl (C=O) groups excluding carboxylic acids is 1. The molecule has 1 saturated carbocycles. The Morgan fingerprint density at radius 1 is 1.17 bits per heavy atom. The third kappa shape index (κ3) is 1.28. The van der Waals surface area contributed by atoms with E-state index in [1.807, 2.05) is 0 Å². The van der Waals surface area contributed by atoms with E-state index >= 15 is 0 Å². The van der Waals surface area contributed by atoms with Gasteiger partial charge in [-0.3, -0.25) is 4.79 Å². The van der Waals surface area contributed by atoms with Gasteiger partial charge in [-0.2, -0.15) is 0 Å². The molecule has 0 amide bonds. The van der Waals surface area contributed by atoms with Crippen molar-refractivity contribution in [2.75, 3.05) is 13.1 Å². The zero-order valence-electron chi connectivity index (χ0n) is 7.57. The highest BCUT2D eigenvalue weighted by Gasteiger charge is 2.40. The van der Waals surface area contributed by atoms with E-state index in [-0.39, 0.29) is 5.41 Å². The van der Waals surface area contributed by atoms with Crippen LogP contribution in [0.15, 0.2) is 0 Å². The van der Waals surface area contributed by atoms with E-state index in [1.165, 1.54) is 12.8 Å². The van der Waals surface area contributed by atoms with Crippen LogP contribution in [0.5, 0.6) is 0 Å². The Morgan fingerprint density at radius 3 is 2.67 bits per heavy atom. The Kier molecular flexibility index (Phi) is 2.18. The lowest BCUT2D eigenvalue weighted by Crippen LogP contribution is -2.46. The van der Waals surface area contributed by atoms with Crippen molar-refractivity contribution in [3.05, 3.63) is 0 Å². The van der Waals surface area contributed by atoms with Gasteiger partial charge in [-0.1, -0.05) is 6.42 Å². The second kappa shape index (κ2) is 3.17. The molecule has 0 aromatic rings. The fraction of sp³-hybridized carbons (Fsp3) is 0.900. The number of nitrogens with one attached hydrogen (secondary N) is 1. The SMILES string of the molecule is O=C1CCCC[C@]12CCCNC2. The van der Waals surface area contributed by atoms with Crippen molar-refractivity contribution in [2.45, 2.75) is 38.5 Å². The molecule has 1 N–H and O–H groups in total. The maximum absolute atomic E-state index is 11.7. The topological polar surface area (TPSA) is 29.1 Å². The van der Waals surface area contributed by atoms with Crippen LogP contribution in [0.2, 0.25) is 0 Å². The molecule has 0 bridgehead atoms. The monoisotopic (exact) mass is 167 g/mol. The van der Waals surface area contributed by atoms with Gasteiger partial charge in [-0.15, -0.1) is 0 Å². The lowest BCUT2D eigenvalue weighted by Gasteiger charge is -2.39. The van der Waals surface area contributed by atoms with Crippen LogP contribution in [0.4, 0.5) is 0 Å². The molecule has 0 radical (unpaired) electrons. The molecule has 1 aliphatic carbocycles. The molecule has 0 unspecified atom stereocenters. The van der Waals surface area contributed by atoms with Crippen LogP contribution in [0.1, 0.15) is 38.5 Å². The van der Waals surface area contributed by atoms with Crippen LogP contribution in [0.25, 0.3) is 0 Å². The summed E-state index contributed by atoms with van der Waals surface area (Å²) in [6.45, 7) is 2.06. The zero-order valence-corrected chi connectivity index (χ0v) is 7.57. The Labute approximate surface area is 73.7 Å². The third-order valence-electron chi connectivity index (χ3n) is 3.37. The fourth-order valence-electron chi connectivity index (χ4n) is 2.57. The van der Waals surface area contributed by atoms with Crippen LogP contribution in [-0.2, 0) is 4.79 Å². The highest BCUT2D eigenvalue weighted by Crippen LogP contribution is 2.38. The average molecular weight is 167 g/mol. The van der Waals surface area contributed by atoms with Crippen LogP contribution in [0.3, 0.4) is 0 Å². The predicted octanol–water partition coefficient (Wildman–Crippen LogP) is 1.50. The molecule has 2 rings (SSSR count). The number of ketones is 1. The van der Waals surface area contributed by atoms with E-state index in [1.54, 1.807) is 0 Å². The second-order valence-electron chi connectivity index (χ2n) is 4.19. The number of piperidine rings is 1. The Bertz CT molecular complexity index is 174. The Balaban J connectivity index is 2.09. The van der Waals surface area contributed by atoms with Gasteiger partial charge in [0.15, 0.2) is 0 Å². The Morgan fingerprint density at radius 2 is 2.00 bits per heavy atom. The summed E-state index contributed by atoms with van der Waals surface area (Å²) in [4.78, 5) is 11.7. The van der Waals surface area contributed by atoms with Gasteiger partial charge in [0, 0.05) is 18.4 Å². The first-order chi connectivity index (χ1) is 5.83. The molecule has 2 fully saturated rings. The minimum Gasteiger partial charge on any atom is -0.316 e. The first-order valence-corrected chi connectivity index (χ1v) is 5.08. The molecule has 1 heterocycles. The summed E-state index contributed by atoms with van der Waals surface area (Å²) >= 11 is 0. The van der Waals surface area contributed by atoms with E-state index in [0.717, 1.165) is 38.8 Å². The van der Waals surface area contributed by atoms with Gasteiger partial charge in [-0.25, -0.2) is 0 Å². The molecule has 2 aliphatic rings. The summed E-state index contributed by atoms with van der Waals surface area (Å²) < 4.78 is 0. The number of carbonyl (C=O) groups is 1. The van der Waals surface area contributed by atoms with Gasteiger partial charge in [0.05, 0.1) is 0 Å². The van der Waals surface area contributed by atoms with Crippen LogP contribution < -0.4 is 5.32 Å². The molecule has 1 spiro atoms. The van der Waals surface area contributed by atoms with Crippen LogP contribution in [-0.4, -0.2) is 18.9 Å². The maximum Gasteiger partial charge on any atom is 0.140 e. The summed E-state index contributed by atoms with van der Waals surface area (Å²) in [6, 6.07) is 0. The lowest BCUT2D eigenvalue weighted by atomic mass is 9.69. The van der Waals surface area contributed by atoms with Gasteiger partial charge >= 0.3 is 0 Å². The summed E-state index contributed by atoms with van der Waals surface area (Å²) in [5.41, 5.74) is 0.0660. The summed E-state index contributed by atoms with van der Waals surface area (Å²) in [7, 11) is 0. The second-order valence-corrected chi connectivity index (χ2v) is 4.19. The molecule has 1 aliphatic heterocycles. The van der Waals surface area contributed by atoms with Crippen LogP contribution in [0, 0.1) is 5.41 Å². The van der Waals surface area contributed by atoms with Crippen molar-refractivity contribution >= 4 is 5.78 Å². The molecule has 2 nitrogen and oxygen atoms in total. The van der Waals surface area contributed by atoms with Crippen molar-refractivity contribution in [1.82, 2.24) is 5.32 Å². The number of rotatable bonds is 0. The third-order valence-corrected chi connectivity index (χ3v) is 3.37. The maximum atomic E-state index is 11.7. The summed E-state index contributed by atoms with van der Waals surface area (Å²) in [5, 5.41) is 3.35. The zero-order chi connectivity index (χ0) is 8.44. The smallest absolute Gasteiger partial charge is 0.140 e. The normalized spacial score (nSPS) is 37.2.